The molecule has 0 amide bonds. The molecule has 0 aliphatic carbocycles. The van der Waals surface area contributed by atoms with E-state index in [0.29, 0.717) is 17.3 Å². The quantitative estimate of drug-likeness (QED) is 0.788. The summed E-state index contributed by atoms with van der Waals surface area (Å²) in [5, 5.41) is 3.29. The Morgan fingerprint density at radius 3 is 2.37 bits per heavy atom. The number of sulfone groups is 1. The minimum atomic E-state index is -3.28. The largest absolute Gasteiger partial charge is 0.396 e. The molecule has 0 aliphatic heterocycles. The van der Waals surface area contributed by atoms with Gasteiger partial charge in [-0.15, -0.1) is 0 Å². The second-order valence-electron chi connectivity index (χ2n) is 5.51. The number of nitrogens with one attached hydrogen (secondary N) is 1. The van der Waals surface area contributed by atoms with E-state index < -0.39 is 9.84 Å². The maximum absolute atomic E-state index is 11.6. The van der Waals surface area contributed by atoms with Crippen LogP contribution in [0.1, 0.15) is 33.6 Å². The highest BCUT2D eigenvalue weighted by atomic mass is 32.2. The molecule has 1 rings (SSSR count). The Morgan fingerprint density at radius 1 is 1.21 bits per heavy atom. The van der Waals surface area contributed by atoms with Gasteiger partial charge in [-0.25, -0.2) is 8.42 Å². The fourth-order valence-electron chi connectivity index (χ4n) is 1.91. The van der Waals surface area contributed by atoms with E-state index in [4.69, 9.17) is 5.73 Å². The minimum absolute atomic E-state index is 0.188. The van der Waals surface area contributed by atoms with Crippen LogP contribution in [0.3, 0.4) is 0 Å². The normalized spacial score (nSPS) is 13.5. The van der Waals surface area contributed by atoms with Gasteiger partial charge in [0, 0.05) is 12.3 Å². The van der Waals surface area contributed by atoms with E-state index in [1.54, 1.807) is 6.07 Å². The lowest BCUT2D eigenvalue weighted by Gasteiger charge is -2.18. The highest BCUT2D eigenvalue weighted by Crippen LogP contribution is 2.27. The summed E-state index contributed by atoms with van der Waals surface area (Å²) in [6.07, 6.45) is 3.32. The zero-order valence-electron chi connectivity index (χ0n) is 12.1. The number of anilines is 2. The van der Waals surface area contributed by atoms with Crippen LogP contribution in [0, 0.1) is 5.92 Å². The number of hydrogen-bond donors (Lipinski definition) is 2. The summed E-state index contributed by atoms with van der Waals surface area (Å²) in [5.41, 5.74) is 6.93. The third-order valence-electron chi connectivity index (χ3n) is 3.04. The van der Waals surface area contributed by atoms with Crippen molar-refractivity contribution in [1.82, 2.24) is 0 Å². The maximum Gasteiger partial charge on any atom is 0.177 e. The first kappa shape index (κ1) is 15.8. The number of benzene rings is 1. The molecule has 1 atom stereocenters. The predicted octanol–water partition coefficient (Wildman–Crippen LogP) is 2.91. The monoisotopic (exact) mass is 284 g/mol. The van der Waals surface area contributed by atoms with Crippen LogP contribution in [0.25, 0.3) is 0 Å². The molecule has 1 aromatic rings. The molecule has 0 radical (unpaired) electrons. The van der Waals surface area contributed by atoms with Crippen LogP contribution in [0.2, 0.25) is 0 Å². The molecule has 0 fully saturated rings. The summed E-state index contributed by atoms with van der Waals surface area (Å²) < 4.78 is 23.2. The van der Waals surface area contributed by atoms with Gasteiger partial charge in [0.05, 0.1) is 16.3 Å². The van der Waals surface area contributed by atoms with Crippen LogP contribution in [-0.2, 0) is 9.84 Å². The van der Waals surface area contributed by atoms with Crippen molar-refractivity contribution in [3.05, 3.63) is 18.2 Å². The first-order chi connectivity index (χ1) is 8.71. The van der Waals surface area contributed by atoms with Crippen molar-refractivity contribution in [3.63, 3.8) is 0 Å². The summed E-state index contributed by atoms with van der Waals surface area (Å²) >= 11 is 0. The zero-order valence-corrected chi connectivity index (χ0v) is 12.9. The number of hydrogen-bond acceptors (Lipinski definition) is 4. The number of nitrogens with two attached hydrogens (primary N) is 1. The van der Waals surface area contributed by atoms with Gasteiger partial charge >= 0.3 is 0 Å². The van der Waals surface area contributed by atoms with E-state index in [9.17, 15) is 8.42 Å². The highest BCUT2D eigenvalue weighted by Gasteiger charge is 2.15. The van der Waals surface area contributed by atoms with Crippen LogP contribution >= 0.6 is 0 Å². The third kappa shape index (κ3) is 4.74. The summed E-state index contributed by atoms with van der Waals surface area (Å²) in [6, 6.07) is 5.33. The molecule has 0 saturated carbocycles. The van der Waals surface area contributed by atoms with Gasteiger partial charge in [0.15, 0.2) is 9.84 Å². The fraction of sp³-hybridized carbons (Fsp3) is 0.571. The van der Waals surface area contributed by atoms with Crippen molar-refractivity contribution in [1.29, 1.82) is 0 Å². The van der Waals surface area contributed by atoms with Gasteiger partial charge in [-0.05, 0) is 37.8 Å². The molecule has 0 bridgehead atoms. The molecular weight excluding hydrogens is 260 g/mol. The van der Waals surface area contributed by atoms with E-state index in [1.807, 2.05) is 6.07 Å². The third-order valence-corrected chi connectivity index (χ3v) is 4.20. The average Bonchev–Trinajstić information content (AvgIpc) is 2.27. The van der Waals surface area contributed by atoms with Crippen molar-refractivity contribution in [2.24, 2.45) is 5.92 Å². The van der Waals surface area contributed by atoms with Gasteiger partial charge in [-0.2, -0.15) is 0 Å². The lowest BCUT2D eigenvalue weighted by Crippen LogP contribution is -2.17. The molecule has 0 spiro atoms. The smallest absolute Gasteiger partial charge is 0.177 e. The molecule has 0 aromatic heterocycles. The molecule has 19 heavy (non-hydrogen) atoms. The van der Waals surface area contributed by atoms with Crippen LogP contribution in [0.4, 0.5) is 11.4 Å². The van der Waals surface area contributed by atoms with Crippen molar-refractivity contribution in [3.8, 4) is 0 Å². The molecule has 0 aliphatic rings. The standard InChI is InChI=1S/C14H24N2O2S/c1-10(2)8-9-11(3)16-12-6-5-7-13(14(12)15)19(4,17)18/h5-7,10-11,16H,8-9,15H2,1-4H3. The van der Waals surface area contributed by atoms with Crippen molar-refractivity contribution >= 4 is 21.2 Å². The maximum atomic E-state index is 11.6. The molecule has 1 unspecified atom stereocenters. The van der Waals surface area contributed by atoms with Gasteiger partial charge in [0.2, 0.25) is 0 Å². The van der Waals surface area contributed by atoms with Gasteiger partial charge in [-0.3, -0.25) is 0 Å². The Hall–Kier alpha value is -1.23. The topological polar surface area (TPSA) is 72.2 Å². The fourth-order valence-corrected chi connectivity index (χ4v) is 2.75. The van der Waals surface area contributed by atoms with Gasteiger partial charge < -0.3 is 11.1 Å². The molecule has 4 nitrogen and oxygen atoms in total. The molecule has 1 aromatic carbocycles. The SMILES string of the molecule is CC(C)CCC(C)Nc1cccc(S(C)(=O)=O)c1N. The second-order valence-corrected chi connectivity index (χ2v) is 7.49. The van der Waals surface area contributed by atoms with E-state index >= 15 is 0 Å². The first-order valence-corrected chi connectivity index (χ1v) is 8.46. The Balaban J connectivity index is 2.85. The Bertz CT molecular complexity index is 524. The summed E-state index contributed by atoms with van der Waals surface area (Å²) in [6.45, 7) is 6.45. The molecule has 108 valence electrons. The van der Waals surface area contributed by atoms with Gasteiger partial charge in [0.25, 0.3) is 0 Å². The molecule has 3 N–H and O–H groups in total. The lowest BCUT2D eigenvalue weighted by molar-refractivity contribution is 0.528. The van der Waals surface area contributed by atoms with Crippen LogP contribution in [0.5, 0.6) is 0 Å². The van der Waals surface area contributed by atoms with Crippen molar-refractivity contribution in [2.45, 2.75) is 44.6 Å². The molecule has 5 heteroatoms. The van der Waals surface area contributed by atoms with Gasteiger partial charge in [-0.1, -0.05) is 19.9 Å². The van der Waals surface area contributed by atoms with E-state index in [-0.39, 0.29) is 10.9 Å². The zero-order chi connectivity index (χ0) is 14.6. The molecule has 0 heterocycles. The summed E-state index contributed by atoms with van der Waals surface area (Å²) in [4.78, 5) is 0.188. The van der Waals surface area contributed by atoms with E-state index in [2.05, 4.69) is 26.1 Å². The number of nitrogen functional groups attached to an aromatic ring is 1. The summed E-state index contributed by atoms with van der Waals surface area (Å²) in [7, 11) is -3.28. The molecular formula is C14H24N2O2S. The minimum Gasteiger partial charge on any atom is -0.396 e. The predicted molar refractivity (Wildman–Crippen MR) is 81.1 cm³/mol. The highest BCUT2D eigenvalue weighted by molar-refractivity contribution is 7.90. The molecule has 0 saturated heterocycles. The van der Waals surface area contributed by atoms with Crippen molar-refractivity contribution < 1.29 is 8.42 Å². The van der Waals surface area contributed by atoms with E-state index in [1.165, 1.54) is 12.3 Å². The number of rotatable bonds is 6. The number of para-hydroxylation sites is 1. The Labute approximate surface area is 116 Å². The van der Waals surface area contributed by atoms with Crippen LogP contribution in [0.15, 0.2) is 23.1 Å². The second kappa shape index (κ2) is 6.28. The summed E-state index contributed by atoms with van der Waals surface area (Å²) in [5.74, 6) is 0.656. The Morgan fingerprint density at radius 2 is 1.84 bits per heavy atom. The van der Waals surface area contributed by atoms with Crippen LogP contribution in [-0.4, -0.2) is 20.7 Å². The average molecular weight is 284 g/mol. The van der Waals surface area contributed by atoms with Crippen LogP contribution < -0.4 is 11.1 Å². The van der Waals surface area contributed by atoms with E-state index in [0.717, 1.165) is 12.8 Å². The van der Waals surface area contributed by atoms with Crippen molar-refractivity contribution in [2.75, 3.05) is 17.3 Å². The first-order valence-electron chi connectivity index (χ1n) is 6.57. The Kier molecular flexibility index (Phi) is 5.23. The van der Waals surface area contributed by atoms with Gasteiger partial charge in [0.1, 0.15) is 0 Å². The lowest BCUT2D eigenvalue weighted by atomic mass is 10.0.